The van der Waals surface area contributed by atoms with Crippen LogP contribution in [0.25, 0.3) is 0 Å². The number of hydrogen-bond donors (Lipinski definition) is 12. The fourth-order valence-electron chi connectivity index (χ4n) is 5.40. The maximum atomic E-state index is 15.4. The summed E-state index contributed by atoms with van der Waals surface area (Å²) in [5, 5.41) is 86.4. The van der Waals surface area contributed by atoms with Gasteiger partial charge in [0.1, 0.15) is 6.61 Å². The fraction of sp³-hybridized carbons (Fsp3) is 0.455. The normalized spacial score (nSPS) is 13.9. The highest BCUT2D eigenvalue weighted by molar-refractivity contribution is 14.1. The summed E-state index contributed by atoms with van der Waals surface area (Å²) in [6, 6.07) is -2.25. The summed E-state index contributed by atoms with van der Waals surface area (Å²) >= 11 is 10.1. The number of ether oxygens (including phenoxy) is 1. The van der Waals surface area contributed by atoms with E-state index >= 15 is 9.59 Å². The zero-order chi connectivity index (χ0) is 45.9. The first-order chi connectivity index (χ1) is 28.1. The predicted molar refractivity (Wildman–Crippen MR) is 263 cm³/mol. The Balaban J connectivity index is 3.29. The van der Waals surface area contributed by atoms with E-state index in [1.807, 2.05) is 0 Å². The number of hydrogen-bond acceptors (Lipinski definition) is 16. The molecule has 5 atom stereocenters. The molecule has 0 spiro atoms. The summed E-state index contributed by atoms with van der Waals surface area (Å²) < 4.78 is 4.73. The Morgan fingerprint density at radius 3 is 1.50 bits per heavy atom. The number of anilines is 2. The molecule has 60 heavy (non-hydrogen) atoms. The van der Waals surface area contributed by atoms with Crippen molar-refractivity contribution in [2.24, 2.45) is 11.5 Å². The van der Waals surface area contributed by atoms with Gasteiger partial charge in [0.15, 0.2) is 11.8 Å². The number of aliphatic hydroxyl groups is 8. The molecule has 0 aliphatic rings. The lowest BCUT2D eigenvalue weighted by Crippen LogP contribution is -2.58. The zero-order valence-corrected chi connectivity index (χ0v) is 43.9. The molecule has 27 heteroatoms. The standard InChI is InChI=1S/C33H40I6N6O15/c1-60-10-15(54)43-26-22(36)16(20(34)19(23(26)37)32(58)42-2-11(50)6-46)29(55)28(44(3-12(51)7-47)4-13(52)8-48)33(59)45(5-14(53)9-49)27-24(38)17(30(40)56)21(35)18(25(27)39)31(41)57/h11-14,28,46-53H,2-10H2,1H3,(H2,40,56)(H2,41,57)(H,42,58)(H,43,54). The van der Waals surface area contributed by atoms with Gasteiger partial charge < -0.3 is 72.6 Å². The van der Waals surface area contributed by atoms with Gasteiger partial charge in [-0.05, 0) is 136 Å². The van der Waals surface area contributed by atoms with Crippen LogP contribution < -0.4 is 27.0 Å². The summed E-state index contributed by atoms with van der Waals surface area (Å²) in [6.07, 6.45) is -6.54. The monoisotopic (exact) mass is 1520 g/mol. The molecule has 0 aliphatic heterocycles. The number of primary amides is 2. The minimum atomic E-state index is -2.25. The number of carbonyl (C=O) groups excluding carboxylic acids is 6. The van der Waals surface area contributed by atoms with Crippen molar-refractivity contribution in [3.63, 3.8) is 0 Å². The molecule has 0 heterocycles. The zero-order valence-electron chi connectivity index (χ0n) is 31.0. The van der Waals surface area contributed by atoms with Gasteiger partial charge in [0.05, 0.1) is 96.2 Å². The van der Waals surface area contributed by atoms with E-state index in [0.29, 0.717) is 0 Å². The molecular formula is C33H40I6N6O15. The van der Waals surface area contributed by atoms with Gasteiger partial charge in [-0.2, -0.15) is 0 Å². The van der Waals surface area contributed by atoms with Crippen LogP contribution in [-0.4, -0.2) is 178 Å². The van der Waals surface area contributed by atoms with Crippen LogP contribution in [0.15, 0.2) is 0 Å². The lowest BCUT2D eigenvalue weighted by molar-refractivity contribution is -0.124. The Hall–Kier alpha value is -0.560. The summed E-state index contributed by atoms with van der Waals surface area (Å²) in [5.41, 5.74) is 9.86. The van der Waals surface area contributed by atoms with Crippen molar-refractivity contribution in [3.8, 4) is 0 Å². The van der Waals surface area contributed by atoms with Crippen LogP contribution >= 0.6 is 136 Å². The van der Waals surface area contributed by atoms with E-state index in [0.717, 1.165) is 9.80 Å². The van der Waals surface area contributed by atoms with E-state index in [1.165, 1.54) is 7.11 Å². The molecule has 5 amide bonds. The number of nitrogens with one attached hydrogen (secondary N) is 2. The van der Waals surface area contributed by atoms with Crippen LogP contribution in [0, 0.1) is 21.4 Å². The molecule has 2 aromatic rings. The minimum absolute atomic E-state index is 0.00926. The first kappa shape index (κ1) is 55.6. The average Bonchev–Trinajstić information content (AvgIpc) is 3.17. The van der Waals surface area contributed by atoms with Crippen molar-refractivity contribution in [3.05, 3.63) is 43.7 Å². The number of halogens is 6. The third-order valence-corrected chi connectivity index (χ3v) is 14.5. The van der Waals surface area contributed by atoms with Crippen LogP contribution in [0.1, 0.15) is 41.4 Å². The predicted octanol–water partition coefficient (Wildman–Crippen LogP) is -1.87. The van der Waals surface area contributed by atoms with Crippen molar-refractivity contribution in [2.45, 2.75) is 30.5 Å². The van der Waals surface area contributed by atoms with Gasteiger partial charge in [-0.3, -0.25) is 33.7 Å². The molecule has 0 saturated heterocycles. The number of amides is 5. The number of ketones is 1. The van der Waals surface area contributed by atoms with Gasteiger partial charge in [-0.15, -0.1) is 0 Å². The third-order valence-electron chi connectivity index (χ3n) is 8.13. The molecule has 0 bridgehead atoms. The number of methoxy groups -OCH3 is 1. The molecule has 0 fully saturated rings. The van der Waals surface area contributed by atoms with Gasteiger partial charge in [0, 0.05) is 43.0 Å². The Morgan fingerprint density at radius 2 is 1.07 bits per heavy atom. The van der Waals surface area contributed by atoms with E-state index in [9.17, 15) is 60.0 Å². The van der Waals surface area contributed by atoms with Crippen molar-refractivity contribution in [2.75, 3.05) is 76.5 Å². The van der Waals surface area contributed by atoms with Crippen LogP contribution in [0.4, 0.5) is 11.4 Å². The van der Waals surface area contributed by atoms with Crippen molar-refractivity contribution >= 4 is 182 Å². The van der Waals surface area contributed by atoms with Crippen molar-refractivity contribution < 1.29 is 74.4 Å². The maximum Gasteiger partial charge on any atom is 0.253 e. The first-order valence-electron chi connectivity index (χ1n) is 16.9. The Bertz CT molecular complexity index is 1910. The number of nitrogens with zero attached hydrogens (tertiary/aromatic N) is 2. The molecule has 334 valence electrons. The smallest absolute Gasteiger partial charge is 0.253 e. The number of nitrogens with two attached hydrogens (primary N) is 2. The molecule has 0 aliphatic carbocycles. The second kappa shape index (κ2) is 25.8. The summed E-state index contributed by atoms with van der Waals surface area (Å²) in [4.78, 5) is 84.9. The molecule has 0 aromatic heterocycles. The number of benzene rings is 2. The minimum Gasteiger partial charge on any atom is -0.394 e. The van der Waals surface area contributed by atoms with E-state index in [2.05, 4.69) is 10.6 Å². The number of Topliss-reactive ketones (excluding diaryl/α,β-unsaturated/α-hetero) is 1. The number of carbonyl (C=O) groups is 6. The van der Waals surface area contributed by atoms with Crippen molar-refractivity contribution in [1.29, 1.82) is 0 Å². The quantitative estimate of drug-likeness (QED) is 0.0329. The highest BCUT2D eigenvalue weighted by Gasteiger charge is 2.44. The molecular weight excluding hydrogens is 1480 g/mol. The molecule has 5 unspecified atom stereocenters. The lowest BCUT2D eigenvalue weighted by Gasteiger charge is -2.37. The van der Waals surface area contributed by atoms with Gasteiger partial charge >= 0.3 is 0 Å². The van der Waals surface area contributed by atoms with Crippen LogP contribution in [-0.2, 0) is 14.3 Å². The largest absolute Gasteiger partial charge is 0.394 e. The summed E-state index contributed by atoms with van der Waals surface area (Å²) in [6.45, 7) is -6.78. The van der Waals surface area contributed by atoms with E-state index in [4.69, 9.17) is 16.2 Å². The molecule has 0 radical (unpaired) electrons. The summed E-state index contributed by atoms with van der Waals surface area (Å²) in [5.74, 6) is -6.23. The second-order valence-corrected chi connectivity index (χ2v) is 19.0. The average molecular weight is 1520 g/mol. The lowest BCUT2D eigenvalue weighted by atomic mass is 9.96. The van der Waals surface area contributed by atoms with Gasteiger partial charge in [0.25, 0.3) is 23.6 Å². The number of aliphatic hydroxyl groups excluding tert-OH is 8. The van der Waals surface area contributed by atoms with E-state index in [1.54, 1.807) is 136 Å². The number of rotatable bonds is 23. The highest BCUT2D eigenvalue weighted by atomic mass is 127. The molecule has 21 nitrogen and oxygen atoms in total. The summed E-state index contributed by atoms with van der Waals surface area (Å²) in [7, 11) is 1.24. The van der Waals surface area contributed by atoms with E-state index in [-0.39, 0.29) is 49.5 Å². The first-order valence-corrected chi connectivity index (χ1v) is 23.4. The topological polar surface area (TPSA) is 356 Å². The Labute approximate surface area is 423 Å². The SMILES string of the molecule is COCC(=O)Nc1c(I)c(C(=O)NCC(O)CO)c(I)c(C(=O)C(C(=O)N(CC(O)CO)c2c(I)c(C(N)=O)c(I)c(C(N)=O)c2I)N(CC(O)CO)CC(O)CO)c1I. The molecule has 14 N–H and O–H groups in total. The maximum absolute atomic E-state index is 15.4. The molecule has 2 rings (SSSR count). The third kappa shape index (κ3) is 13.7. The Kier molecular flexibility index (Phi) is 23.9. The second-order valence-electron chi connectivity index (χ2n) is 12.5. The van der Waals surface area contributed by atoms with Crippen LogP contribution in [0.2, 0.25) is 0 Å². The molecule has 2 aromatic carbocycles. The van der Waals surface area contributed by atoms with Crippen LogP contribution in [0.3, 0.4) is 0 Å². The van der Waals surface area contributed by atoms with Crippen molar-refractivity contribution in [1.82, 2.24) is 10.2 Å². The van der Waals surface area contributed by atoms with Crippen LogP contribution in [0.5, 0.6) is 0 Å². The van der Waals surface area contributed by atoms with E-state index < -0.39 is 131 Å². The van der Waals surface area contributed by atoms with Gasteiger partial charge in [0.2, 0.25) is 5.91 Å². The fourth-order valence-corrected chi connectivity index (χ4v) is 14.7. The van der Waals surface area contributed by atoms with Gasteiger partial charge in [-0.1, -0.05) is 0 Å². The Morgan fingerprint density at radius 1 is 0.633 bits per heavy atom. The highest BCUT2D eigenvalue weighted by Crippen LogP contribution is 2.40. The van der Waals surface area contributed by atoms with Gasteiger partial charge in [-0.25, -0.2) is 0 Å². The molecule has 0 saturated carbocycles.